The third-order valence-electron chi connectivity index (χ3n) is 5.42. The fraction of sp³-hybridized carbons (Fsp3) is 0.0385. The number of hydrogen-bond donors (Lipinski definition) is 1. The van der Waals surface area contributed by atoms with Gasteiger partial charge in [0.1, 0.15) is 11.4 Å². The van der Waals surface area contributed by atoms with Crippen LogP contribution in [0.4, 0.5) is 0 Å². The number of methoxy groups -OCH3 is 1. The number of para-hydroxylation sites is 1. The van der Waals surface area contributed by atoms with Crippen molar-refractivity contribution in [3.8, 4) is 33.8 Å². The zero-order valence-electron chi connectivity index (χ0n) is 17.6. The summed E-state index contributed by atoms with van der Waals surface area (Å²) in [6.07, 6.45) is 0. The summed E-state index contributed by atoms with van der Waals surface area (Å²) in [6.45, 7) is 0. The Hall–Kier alpha value is -4.16. The maximum absolute atomic E-state index is 13.6. The third kappa shape index (κ3) is 3.81. The second kappa shape index (κ2) is 8.41. The van der Waals surface area contributed by atoms with Crippen LogP contribution in [0.15, 0.2) is 94.5 Å². The summed E-state index contributed by atoms with van der Waals surface area (Å²) in [5.41, 5.74) is 2.56. The molecule has 3 aromatic carbocycles. The van der Waals surface area contributed by atoms with Crippen molar-refractivity contribution in [1.82, 2.24) is 14.5 Å². The molecule has 0 aliphatic rings. The van der Waals surface area contributed by atoms with Gasteiger partial charge in [-0.1, -0.05) is 41.9 Å². The second-order valence-corrected chi connectivity index (χ2v) is 7.86. The molecule has 5 aromatic rings. The molecular weight excluding hydrogens is 438 g/mol. The molecule has 0 amide bonds. The number of rotatable bonds is 4. The normalized spacial score (nSPS) is 11.0. The van der Waals surface area contributed by atoms with Crippen molar-refractivity contribution in [2.75, 3.05) is 7.11 Å². The Kier molecular flexibility index (Phi) is 5.28. The summed E-state index contributed by atoms with van der Waals surface area (Å²) in [5.74, 6) is 0.719. The summed E-state index contributed by atoms with van der Waals surface area (Å²) >= 11 is 6.09. The number of nitrogens with one attached hydrogen (secondary N) is 1. The molecule has 0 saturated heterocycles. The van der Waals surface area contributed by atoms with Crippen LogP contribution in [0, 0.1) is 0 Å². The van der Waals surface area contributed by atoms with Gasteiger partial charge >= 0.3 is 5.69 Å². The van der Waals surface area contributed by atoms with Crippen molar-refractivity contribution < 1.29 is 4.74 Å². The lowest BCUT2D eigenvalue weighted by atomic mass is 10.00. The van der Waals surface area contributed by atoms with Crippen molar-refractivity contribution in [2.24, 2.45) is 0 Å². The molecule has 33 heavy (non-hydrogen) atoms. The highest BCUT2D eigenvalue weighted by Crippen LogP contribution is 2.31. The first-order valence-corrected chi connectivity index (χ1v) is 10.6. The maximum Gasteiger partial charge on any atom is 0.334 e. The highest BCUT2D eigenvalue weighted by Gasteiger charge is 2.17. The lowest BCUT2D eigenvalue weighted by Gasteiger charge is -2.12. The molecule has 5 rings (SSSR count). The Morgan fingerprint density at radius 2 is 1.55 bits per heavy atom. The number of H-pyrrole nitrogens is 1. The minimum atomic E-state index is -0.555. The first-order chi connectivity index (χ1) is 16.0. The van der Waals surface area contributed by atoms with Gasteiger partial charge in [0.05, 0.1) is 23.9 Å². The number of fused-ring (bicyclic) bond motifs is 1. The zero-order valence-corrected chi connectivity index (χ0v) is 18.3. The van der Waals surface area contributed by atoms with Gasteiger partial charge in [-0.15, -0.1) is 0 Å². The first kappa shape index (κ1) is 20.7. The van der Waals surface area contributed by atoms with E-state index in [9.17, 15) is 9.59 Å². The molecule has 1 N–H and O–H groups in total. The van der Waals surface area contributed by atoms with Crippen molar-refractivity contribution in [3.63, 3.8) is 0 Å². The minimum absolute atomic E-state index is 0.218. The molecule has 7 heteroatoms. The van der Waals surface area contributed by atoms with E-state index in [1.165, 1.54) is 0 Å². The Balaban J connectivity index is 1.84. The van der Waals surface area contributed by atoms with Crippen molar-refractivity contribution in [1.29, 1.82) is 0 Å². The predicted molar refractivity (Wildman–Crippen MR) is 130 cm³/mol. The largest absolute Gasteiger partial charge is 0.497 e. The van der Waals surface area contributed by atoms with Gasteiger partial charge < -0.3 is 4.74 Å². The van der Waals surface area contributed by atoms with Crippen LogP contribution < -0.4 is 16.0 Å². The van der Waals surface area contributed by atoms with Crippen LogP contribution in [0.1, 0.15) is 0 Å². The van der Waals surface area contributed by atoms with Gasteiger partial charge in [-0.05, 0) is 60.2 Å². The van der Waals surface area contributed by atoms with Crippen molar-refractivity contribution >= 4 is 22.6 Å². The Morgan fingerprint density at radius 1 is 0.879 bits per heavy atom. The fourth-order valence-corrected chi connectivity index (χ4v) is 3.92. The number of aromatic amines is 1. The lowest BCUT2D eigenvalue weighted by molar-refractivity contribution is 0.415. The molecule has 0 unspecified atom stereocenters. The van der Waals surface area contributed by atoms with E-state index in [1.807, 2.05) is 48.5 Å². The molecule has 0 spiro atoms. The van der Waals surface area contributed by atoms with E-state index in [0.717, 1.165) is 21.4 Å². The molecule has 162 valence electrons. The minimum Gasteiger partial charge on any atom is -0.497 e. The third-order valence-corrected chi connectivity index (χ3v) is 5.67. The number of nitrogens with zero attached hydrogens (tertiary/aromatic N) is 2. The van der Waals surface area contributed by atoms with Crippen molar-refractivity contribution in [3.05, 3.63) is 111 Å². The first-order valence-electron chi connectivity index (χ1n) is 10.2. The molecule has 0 atom stereocenters. The quantitative estimate of drug-likeness (QED) is 0.410. The molecule has 2 heterocycles. The summed E-state index contributed by atoms with van der Waals surface area (Å²) in [4.78, 5) is 33.9. The maximum atomic E-state index is 13.6. The van der Waals surface area contributed by atoms with E-state index >= 15 is 0 Å². The van der Waals surface area contributed by atoms with E-state index < -0.39 is 11.2 Å². The van der Waals surface area contributed by atoms with E-state index in [4.69, 9.17) is 16.3 Å². The van der Waals surface area contributed by atoms with Gasteiger partial charge in [0.2, 0.25) is 0 Å². The van der Waals surface area contributed by atoms with Crippen LogP contribution in [0.2, 0.25) is 5.02 Å². The van der Waals surface area contributed by atoms with Crippen molar-refractivity contribution in [2.45, 2.75) is 0 Å². The van der Waals surface area contributed by atoms with E-state index in [1.54, 1.807) is 43.5 Å². The monoisotopic (exact) mass is 455 g/mol. The summed E-state index contributed by atoms with van der Waals surface area (Å²) in [5, 5.41) is 0.903. The number of pyridine rings is 1. The SMILES string of the molecule is COc1ccc(-c2cc(-c3ccc(Cl)cc3)c3c(=O)n(-c4ccccc4)c(=O)[nH]c3n2)cc1. The van der Waals surface area contributed by atoms with Crippen LogP contribution in [-0.4, -0.2) is 21.6 Å². The van der Waals surface area contributed by atoms with Gasteiger partial charge in [0, 0.05) is 16.1 Å². The second-order valence-electron chi connectivity index (χ2n) is 7.42. The lowest BCUT2D eigenvalue weighted by Crippen LogP contribution is -2.34. The zero-order chi connectivity index (χ0) is 22.9. The number of ether oxygens (including phenoxy) is 1. The van der Waals surface area contributed by atoms with E-state index in [-0.39, 0.29) is 5.65 Å². The van der Waals surface area contributed by atoms with Crippen LogP contribution in [0.5, 0.6) is 5.75 Å². The highest BCUT2D eigenvalue weighted by molar-refractivity contribution is 6.30. The van der Waals surface area contributed by atoms with Crippen LogP contribution >= 0.6 is 11.6 Å². The Morgan fingerprint density at radius 3 is 2.21 bits per heavy atom. The predicted octanol–water partition coefficient (Wildman–Crippen LogP) is 5.07. The summed E-state index contributed by atoms with van der Waals surface area (Å²) < 4.78 is 6.36. The molecule has 6 nitrogen and oxygen atoms in total. The summed E-state index contributed by atoms with van der Waals surface area (Å²) in [6, 6.07) is 25.3. The molecule has 0 fully saturated rings. The molecular formula is C26H18ClN3O3. The van der Waals surface area contributed by atoms with Gasteiger partial charge in [-0.3, -0.25) is 9.78 Å². The molecule has 2 aromatic heterocycles. The van der Waals surface area contributed by atoms with Gasteiger partial charge in [-0.25, -0.2) is 14.3 Å². The standard InChI is InChI=1S/C26H18ClN3O3/c1-33-20-13-9-17(10-14-20)22-15-21(16-7-11-18(27)12-8-16)23-24(28-22)29-26(32)30(25(23)31)19-5-3-2-4-6-19/h2-15H,1H3,(H,28,29,32). The number of benzene rings is 3. The van der Waals surface area contributed by atoms with Crippen LogP contribution in [0.3, 0.4) is 0 Å². The van der Waals surface area contributed by atoms with E-state index in [2.05, 4.69) is 9.97 Å². The highest BCUT2D eigenvalue weighted by atomic mass is 35.5. The smallest absolute Gasteiger partial charge is 0.334 e. The molecule has 0 bridgehead atoms. The summed E-state index contributed by atoms with van der Waals surface area (Å²) in [7, 11) is 1.60. The fourth-order valence-electron chi connectivity index (χ4n) is 3.79. The molecule has 0 aliphatic carbocycles. The number of hydrogen-bond acceptors (Lipinski definition) is 4. The van der Waals surface area contributed by atoms with Crippen LogP contribution in [-0.2, 0) is 0 Å². The Labute approximate surface area is 193 Å². The van der Waals surface area contributed by atoms with Gasteiger partial charge in [0.15, 0.2) is 0 Å². The topological polar surface area (TPSA) is 77.0 Å². The average molecular weight is 456 g/mol. The van der Waals surface area contributed by atoms with Gasteiger partial charge in [0.25, 0.3) is 5.56 Å². The Bertz CT molecular complexity index is 1570. The van der Waals surface area contributed by atoms with Gasteiger partial charge in [-0.2, -0.15) is 0 Å². The molecule has 0 saturated carbocycles. The molecule has 0 aliphatic heterocycles. The average Bonchev–Trinajstić information content (AvgIpc) is 2.84. The number of aromatic nitrogens is 3. The van der Waals surface area contributed by atoms with Crippen LogP contribution in [0.25, 0.3) is 39.1 Å². The number of halogens is 1. The molecule has 0 radical (unpaired) electrons. The van der Waals surface area contributed by atoms with E-state index in [0.29, 0.717) is 27.4 Å².